The summed E-state index contributed by atoms with van der Waals surface area (Å²) in [6, 6.07) is 4.30. The Kier molecular flexibility index (Phi) is 6.44. The van der Waals surface area contributed by atoms with E-state index in [1.807, 2.05) is 0 Å². The lowest BCUT2D eigenvalue weighted by Gasteiger charge is -2.17. The Labute approximate surface area is 106 Å². The molecule has 0 spiro atoms. The fourth-order valence-electron chi connectivity index (χ4n) is 1.63. The molecule has 3 nitrogen and oxygen atoms in total. The van der Waals surface area contributed by atoms with E-state index in [0.717, 1.165) is 24.9 Å². The van der Waals surface area contributed by atoms with Crippen molar-refractivity contribution in [1.29, 1.82) is 0 Å². The predicted octanol–water partition coefficient (Wildman–Crippen LogP) is 1.84. The van der Waals surface area contributed by atoms with Gasteiger partial charge in [-0.05, 0) is 43.1 Å². The Morgan fingerprint density at radius 3 is 2.71 bits per heavy atom. The normalized spacial score (nSPS) is 12.7. The van der Waals surface area contributed by atoms with Crippen molar-refractivity contribution in [3.63, 3.8) is 0 Å². The van der Waals surface area contributed by atoms with Gasteiger partial charge in [0.2, 0.25) is 0 Å². The fraction of sp³-hybridized carbons (Fsp3) is 0.500. The lowest BCUT2D eigenvalue weighted by Crippen LogP contribution is -2.29. The summed E-state index contributed by atoms with van der Waals surface area (Å²) in [5.41, 5.74) is 6.39. The minimum absolute atomic E-state index is 0.109. The molecule has 0 aliphatic rings. The molecule has 0 saturated carbocycles. The third-order valence-electron chi connectivity index (χ3n) is 2.50. The van der Waals surface area contributed by atoms with E-state index in [4.69, 9.17) is 22.4 Å². The number of hydrogen-bond acceptors (Lipinski definition) is 3. The highest BCUT2D eigenvalue weighted by molar-refractivity contribution is 6.30. The zero-order chi connectivity index (χ0) is 12.7. The molecule has 0 saturated heterocycles. The molecule has 0 amide bonds. The molecule has 0 aromatic heterocycles. The molecule has 5 heteroatoms. The maximum Gasteiger partial charge on any atom is 0.125 e. The van der Waals surface area contributed by atoms with Gasteiger partial charge >= 0.3 is 0 Å². The van der Waals surface area contributed by atoms with Crippen LogP contribution in [0.5, 0.6) is 0 Å². The van der Waals surface area contributed by atoms with Crippen molar-refractivity contribution in [1.82, 2.24) is 5.32 Å². The van der Waals surface area contributed by atoms with Crippen molar-refractivity contribution in [3.8, 4) is 0 Å². The van der Waals surface area contributed by atoms with Crippen LogP contribution >= 0.6 is 11.6 Å². The maximum absolute atomic E-state index is 13.2. The van der Waals surface area contributed by atoms with Gasteiger partial charge in [0.15, 0.2) is 0 Å². The zero-order valence-corrected chi connectivity index (χ0v) is 10.4. The van der Waals surface area contributed by atoms with E-state index in [1.165, 1.54) is 12.1 Å². The van der Waals surface area contributed by atoms with Gasteiger partial charge in [0.05, 0.1) is 0 Å². The van der Waals surface area contributed by atoms with Crippen LogP contribution in [0.15, 0.2) is 18.2 Å². The summed E-state index contributed by atoms with van der Waals surface area (Å²) in [7, 11) is 0. The Morgan fingerprint density at radius 1 is 1.35 bits per heavy atom. The summed E-state index contributed by atoms with van der Waals surface area (Å²) in [6.07, 6.45) is 1.60. The van der Waals surface area contributed by atoms with Crippen molar-refractivity contribution in [2.75, 3.05) is 19.7 Å². The van der Waals surface area contributed by atoms with E-state index in [9.17, 15) is 4.39 Å². The number of rotatable bonds is 7. The van der Waals surface area contributed by atoms with E-state index in [2.05, 4.69) is 5.32 Å². The Balaban J connectivity index is 2.59. The molecule has 0 aliphatic carbocycles. The van der Waals surface area contributed by atoms with Crippen LogP contribution in [0.25, 0.3) is 0 Å². The maximum atomic E-state index is 13.2. The lowest BCUT2D eigenvalue weighted by molar-refractivity contribution is 0.282. The van der Waals surface area contributed by atoms with E-state index < -0.39 is 0 Å². The van der Waals surface area contributed by atoms with Gasteiger partial charge < -0.3 is 16.2 Å². The number of aliphatic hydroxyl groups is 1. The first-order chi connectivity index (χ1) is 8.17. The molecule has 1 aromatic rings. The van der Waals surface area contributed by atoms with Crippen molar-refractivity contribution >= 4 is 11.6 Å². The fourth-order valence-corrected chi connectivity index (χ4v) is 1.86. The van der Waals surface area contributed by atoms with Crippen LogP contribution in [0.1, 0.15) is 24.4 Å². The molecule has 1 rings (SSSR count). The van der Waals surface area contributed by atoms with E-state index in [-0.39, 0.29) is 18.5 Å². The summed E-state index contributed by atoms with van der Waals surface area (Å²) >= 11 is 5.79. The highest BCUT2D eigenvalue weighted by atomic mass is 35.5. The van der Waals surface area contributed by atoms with Crippen LogP contribution in [-0.4, -0.2) is 24.8 Å². The Hall–Kier alpha value is -0.680. The number of hydrogen-bond donors (Lipinski definition) is 3. The van der Waals surface area contributed by atoms with Crippen molar-refractivity contribution in [3.05, 3.63) is 34.6 Å². The second-order valence-corrected chi connectivity index (χ2v) is 4.31. The first-order valence-corrected chi connectivity index (χ1v) is 6.05. The van der Waals surface area contributed by atoms with E-state index >= 15 is 0 Å². The third-order valence-corrected chi connectivity index (χ3v) is 2.72. The molecule has 1 unspecified atom stereocenters. The van der Waals surface area contributed by atoms with Crippen LogP contribution in [0, 0.1) is 5.82 Å². The van der Waals surface area contributed by atoms with Gasteiger partial charge in [0, 0.05) is 24.2 Å². The molecule has 1 atom stereocenters. The van der Waals surface area contributed by atoms with Crippen LogP contribution in [0.4, 0.5) is 4.39 Å². The van der Waals surface area contributed by atoms with Gasteiger partial charge in [0.25, 0.3) is 0 Å². The quantitative estimate of drug-likeness (QED) is 0.656. The van der Waals surface area contributed by atoms with Crippen molar-refractivity contribution in [2.24, 2.45) is 5.73 Å². The molecule has 96 valence electrons. The predicted molar refractivity (Wildman–Crippen MR) is 67.5 cm³/mol. The largest absolute Gasteiger partial charge is 0.396 e. The van der Waals surface area contributed by atoms with Gasteiger partial charge in [-0.1, -0.05) is 11.6 Å². The summed E-state index contributed by atoms with van der Waals surface area (Å²) in [6.45, 7) is 1.29. The molecule has 17 heavy (non-hydrogen) atoms. The zero-order valence-electron chi connectivity index (χ0n) is 9.63. The molecule has 0 aliphatic heterocycles. The molecule has 4 N–H and O–H groups in total. The highest BCUT2D eigenvalue weighted by Crippen LogP contribution is 2.19. The third kappa shape index (κ3) is 5.00. The van der Waals surface area contributed by atoms with Gasteiger partial charge in [0.1, 0.15) is 5.82 Å². The molecule has 0 fully saturated rings. The van der Waals surface area contributed by atoms with Crippen LogP contribution in [0.3, 0.4) is 0 Å². The average Bonchev–Trinajstić information content (AvgIpc) is 2.28. The number of nitrogens with two attached hydrogens (primary N) is 1. The molecule has 0 radical (unpaired) electrons. The van der Waals surface area contributed by atoms with Crippen LogP contribution in [-0.2, 0) is 0 Å². The number of unbranched alkanes of at least 4 members (excludes halogenated alkanes) is 1. The van der Waals surface area contributed by atoms with Gasteiger partial charge in [-0.2, -0.15) is 0 Å². The number of halogens is 2. The first-order valence-electron chi connectivity index (χ1n) is 5.67. The summed E-state index contributed by atoms with van der Waals surface area (Å²) in [5.74, 6) is -0.358. The second-order valence-electron chi connectivity index (χ2n) is 3.88. The second kappa shape index (κ2) is 7.61. The van der Waals surface area contributed by atoms with E-state index in [0.29, 0.717) is 11.6 Å². The van der Waals surface area contributed by atoms with Gasteiger partial charge in [-0.25, -0.2) is 4.39 Å². The molecular formula is C12H18ClFN2O. The summed E-state index contributed by atoms with van der Waals surface area (Å²) in [5, 5.41) is 12.2. The number of nitrogens with one attached hydrogen (secondary N) is 1. The van der Waals surface area contributed by atoms with Gasteiger partial charge in [-0.15, -0.1) is 0 Å². The number of aliphatic hydroxyl groups excluding tert-OH is 1. The topological polar surface area (TPSA) is 58.3 Å². The van der Waals surface area contributed by atoms with Crippen molar-refractivity contribution in [2.45, 2.75) is 18.9 Å². The monoisotopic (exact) mass is 260 g/mol. The minimum Gasteiger partial charge on any atom is -0.396 e. The molecular weight excluding hydrogens is 243 g/mol. The van der Waals surface area contributed by atoms with E-state index in [1.54, 1.807) is 6.07 Å². The van der Waals surface area contributed by atoms with Crippen LogP contribution in [0.2, 0.25) is 5.02 Å². The van der Waals surface area contributed by atoms with Gasteiger partial charge in [-0.3, -0.25) is 0 Å². The SMILES string of the molecule is NCC(NCCCCO)c1cc(F)cc(Cl)c1. The molecule has 0 heterocycles. The standard InChI is InChI=1S/C12H18ClFN2O/c13-10-5-9(6-11(14)7-10)12(8-15)16-3-1-2-4-17/h5-7,12,16-17H,1-4,8,15H2. The van der Waals surface area contributed by atoms with Crippen molar-refractivity contribution < 1.29 is 9.50 Å². The Morgan fingerprint density at radius 2 is 2.12 bits per heavy atom. The molecule has 1 aromatic carbocycles. The lowest BCUT2D eigenvalue weighted by atomic mass is 10.1. The summed E-state index contributed by atoms with van der Waals surface area (Å²) < 4.78 is 13.2. The molecule has 0 bridgehead atoms. The number of benzene rings is 1. The van der Waals surface area contributed by atoms with Crippen LogP contribution < -0.4 is 11.1 Å². The minimum atomic E-state index is -0.358. The smallest absolute Gasteiger partial charge is 0.125 e. The summed E-state index contributed by atoms with van der Waals surface area (Å²) in [4.78, 5) is 0. The first kappa shape index (κ1) is 14.4. The highest BCUT2D eigenvalue weighted by Gasteiger charge is 2.10. The average molecular weight is 261 g/mol. The Bertz CT molecular complexity index is 329.